The monoisotopic (exact) mass is 408 g/mol. The van der Waals surface area contributed by atoms with Crippen LogP contribution in [0.1, 0.15) is 27.7 Å². The summed E-state index contributed by atoms with van der Waals surface area (Å²) in [5.74, 6) is 0.0302. The summed E-state index contributed by atoms with van der Waals surface area (Å²) in [6.07, 6.45) is -0.516. The maximum absolute atomic E-state index is 13.3. The van der Waals surface area contributed by atoms with Crippen LogP contribution in [-0.4, -0.2) is 11.0 Å². The van der Waals surface area contributed by atoms with E-state index in [1.807, 2.05) is 61.5 Å². The van der Waals surface area contributed by atoms with Crippen molar-refractivity contribution in [3.05, 3.63) is 87.9 Å². The highest BCUT2D eigenvalue weighted by Gasteiger charge is 2.35. The number of phenolic OH excluding ortho intramolecular Hbond substituents is 1. The van der Waals surface area contributed by atoms with Crippen LogP contribution in [0.25, 0.3) is 0 Å². The number of anilines is 2. The summed E-state index contributed by atoms with van der Waals surface area (Å²) in [5.41, 5.74) is 3.88. The van der Waals surface area contributed by atoms with Gasteiger partial charge in [0.05, 0.1) is 5.56 Å². The normalized spacial score (nSPS) is 16.2. The van der Waals surface area contributed by atoms with Gasteiger partial charge in [-0.3, -0.25) is 9.69 Å². The number of carbonyl (C=O) groups is 1. The molecule has 3 aromatic carbocycles. The number of halogens is 1. The van der Waals surface area contributed by atoms with Crippen LogP contribution in [-0.2, 0) is 0 Å². The van der Waals surface area contributed by atoms with Gasteiger partial charge in [0.15, 0.2) is 0 Å². The molecule has 0 spiro atoms. The Bertz CT molecular complexity index is 986. The predicted octanol–water partition coefficient (Wildman–Crippen LogP) is 5.23. The molecule has 0 radical (unpaired) electrons. The molecule has 1 atom stereocenters. The maximum atomic E-state index is 13.3. The van der Waals surface area contributed by atoms with Crippen molar-refractivity contribution in [2.75, 3.05) is 10.2 Å². The van der Waals surface area contributed by atoms with Crippen LogP contribution >= 0.6 is 15.9 Å². The smallest absolute Gasteiger partial charge is 0.262 e. The third-order valence-electron chi connectivity index (χ3n) is 4.52. The van der Waals surface area contributed by atoms with Crippen molar-refractivity contribution in [2.24, 2.45) is 0 Å². The zero-order valence-electron chi connectivity index (χ0n) is 14.1. The van der Waals surface area contributed by atoms with Gasteiger partial charge in [-0.05, 0) is 49.4 Å². The van der Waals surface area contributed by atoms with Gasteiger partial charge in [-0.25, -0.2) is 0 Å². The fourth-order valence-corrected chi connectivity index (χ4v) is 3.57. The number of aryl methyl sites for hydroxylation is 1. The first-order valence-corrected chi connectivity index (χ1v) is 9.08. The van der Waals surface area contributed by atoms with Crippen LogP contribution < -0.4 is 10.2 Å². The summed E-state index contributed by atoms with van der Waals surface area (Å²) in [6, 6.07) is 20.4. The molecule has 0 saturated carbocycles. The summed E-state index contributed by atoms with van der Waals surface area (Å²) in [5, 5.41) is 13.8. The Morgan fingerprint density at radius 2 is 1.77 bits per heavy atom. The fraction of sp³-hybridized carbons (Fsp3) is 0.0952. The summed E-state index contributed by atoms with van der Waals surface area (Å²) < 4.78 is 0.835. The lowest BCUT2D eigenvalue weighted by Gasteiger charge is -2.38. The van der Waals surface area contributed by atoms with Crippen molar-refractivity contribution in [1.82, 2.24) is 0 Å². The van der Waals surface area contributed by atoms with Crippen LogP contribution in [0.3, 0.4) is 0 Å². The van der Waals surface area contributed by atoms with Crippen LogP contribution in [0.15, 0.2) is 71.2 Å². The molecular formula is C21H17BrN2O2. The number of carbonyl (C=O) groups excluding carboxylic acids is 1. The third-order valence-corrected chi connectivity index (χ3v) is 5.02. The van der Waals surface area contributed by atoms with Crippen molar-refractivity contribution < 1.29 is 9.90 Å². The Morgan fingerprint density at radius 1 is 1.04 bits per heavy atom. The minimum atomic E-state index is -0.516. The number of phenols is 1. The number of para-hydroxylation sites is 1. The van der Waals surface area contributed by atoms with Gasteiger partial charge in [0.25, 0.3) is 5.91 Å². The molecular weight excluding hydrogens is 392 g/mol. The standard InChI is InChI=1S/C21H17BrN2O2/c1-13-6-9-15(10-7-13)24-20(17-12-14(22)8-11-19(17)25)23-18-5-3-2-4-16(18)21(24)26/h2-12,20,23,25H,1H3. The Kier molecular flexibility index (Phi) is 4.17. The van der Waals surface area contributed by atoms with Crippen molar-refractivity contribution in [3.8, 4) is 5.75 Å². The number of hydrogen-bond acceptors (Lipinski definition) is 3. The van der Waals surface area contributed by atoms with Gasteiger partial charge in [0.1, 0.15) is 11.9 Å². The topological polar surface area (TPSA) is 52.6 Å². The quantitative estimate of drug-likeness (QED) is 0.609. The number of amides is 1. The number of aromatic hydroxyl groups is 1. The second kappa shape index (κ2) is 6.50. The van der Waals surface area contributed by atoms with Crippen LogP contribution in [0.4, 0.5) is 11.4 Å². The molecule has 1 heterocycles. The van der Waals surface area contributed by atoms with E-state index in [1.165, 1.54) is 0 Å². The zero-order valence-corrected chi connectivity index (χ0v) is 15.7. The average Bonchev–Trinajstić information content (AvgIpc) is 2.65. The average molecular weight is 409 g/mol. The van der Waals surface area contributed by atoms with Crippen LogP contribution in [0.2, 0.25) is 0 Å². The lowest BCUT2D eigenvalue weighted by Crippen LogP contribution is -2.43. The number of fused-ring (bicyclic) bond motifs is 1. The Balaban J connectivity index is 1.90. The lowest BCUT2D eigenvalue weighted by molar-refractivity contribution is 0.0974. The number of benzene rings is 3. The van der Waals surface area contributed by atoms with Gasteiger partial charge in [0, 0.05) is 21.4 Å². The molecule has 1 unspecified atom stereocenters. The molecule has 130 valence electrons. The number of nitrogens with zero attached hydrogens (tertiary/aromatic N) is 1. The molecule has 1 amide bonds. The van der Waals surface area contributed by atoms with Gasteiger partial charge in [-0.1, -0.05) is 45.8 Å². The maximum Gasteiger partial charge on any atom is 0.262 e. The minimum Gasteiger partial charge on any atom is -0.508 e. The molecule has 3 aromatic rings. The van der Waals surface area contributed by atoms with Gasteiger partial charge in [-0.15, -0.1) is 0 Å². The van der Waals surface area contributed by atoms with E-state index in [9.17, 15) is 9.90 Å². The first kappa shape index (κ1) is 16.7. The first-order chi connectivity index (χ1) is 12.5. The zero-order chi connectivity index (χ0) is 18.3. The molecule has 1 aliphatic rings. The summed E-state index contributed by atoms with van der Waals surface area (Å²) in [7, 11) is 0. The van der Waals surface area contributed by atoms with E-state index in [-0.39, 0.29) is 11.7 Å². The third kappa shape index (κ3) is 2.84. The summed E-state index contributed by atoms with van der Waals surface area (Å²) in [4.78, 5) is 15.0. The van der Waals surface area contributed by atoms with E-state index >= 15 is 0 Å². The number of rotatable bonds is 2. The van der Waals surface area contributed by atoms with Crippen molar-refractivity contribution >= 4 is 33.2 Å². The molecule has 0 saturated heterocycles. The highest BCUT2D eigenvalue weighted by atomic mass is 79.9. The molecule has 0 fully saturated rings. The molecule has 4 nitrogen and oxygen atoms in total. The first-order valence-electron chi connectivity index (χ1n) is 8.29. The van der Waals surface area contributed by atoms with Crippen molar-refractivity contribution in [2.45, 2.75) is 13.1 Å². The minimum absolute atomic E-state index is 0.104. The van der Waals surface area contributed by atoms with Crippen molar-refractivity contribution in [1.29, 1.82) is 0 Å². The molecule has 26 heavy (non-hydrogen) atoms. The van der Waals surface area contributed by atoms with Gasteiger partial charge in [0.2, 0.25) is 0 Å². The lowest BCUT2D eigenvalue weighted by atomic mass is 10.0. The molecule has 2 N–H and O–H groups in total. The van der Waals surface area contributed by atoms with E-state index in [2.05, 4.69) is 21.2 Å². The number of hydrogen-bond donors (Lipinski definition) is 2. The molecule has 0 bridgehead atoms. The molecule has 4 rings (SSSR count). The molecule has 1 aliphatic heterocycles. The van der Waals surface area contributed by atoms with Crippen molar-refractivity contribution in [3.63, 3.8) is 0 Å². The molecule has 5 heteroatoms. The van der Waals surface area contributed by atoms with E-state index in [1.54, 1.807) is 17.0 Å². The van der Waals surface area contributed by atoms with E-state index in [0.717, 1.165) is 21.4 Å². The predicted molar refractivity (Wildman–Crippen MR) is 107 cm³/mol. The van der Waals surface area contributed by atoms with E-state index in [0.29, 0.717) is 11.1 Å². The molecule has 0 aromatic heterocycles. The Hall–Kier alpha value is -2.79. The van der Waals surface area contributed by atoms with Gasteiger partial charge < -0.3 is 10.4 Å². The highest BCUT2D eigenvalue weighted by molar-refractivity contribution is 9.10. The SMILES string of the molecule is Cc1ccc(N2C(=O)c3ccccc3NC2c2cc(Br)ccc2O)cc1. The second-order valence-corrected chi connectivity index (χ2v) is 7.22. The van der Waals surface area contributed by atoms with E-state index < -0.39 is 6.17 Å². The highest BCUT2D eigenvalue weighted by Crippen LogP contribution is 2.40. The van der Waals surface area contributed by atoms with E-state index in [4.69, 9.17) is 0 Å². The number of nitrogens with one attached hydrogen (secondary N) is 1. The van der Waals surface area contributed by atoms with Crippen LogP contribution in [0.5, 0.6) is 5.75 Å². The molecule has 0 aliphatic carbocycles. The summed E-state index contributed by atoms with van der Waals surface area (Å²) >= 11 is 3.45. The Labute approximate surface area is 160 Å². The summed E-state index contributed by atoms with van der Waals surface area (Å²) in [6.45, 7) is 2.01. The Morgan fingerprint density at radius 3 is 2.54 bits per heavy atom. The van der Waals surface area contributed by atoms with Crippen LogP contribution in [0, 0.1) is 6.92 Å². The second-order valence-electron chi connectivity index (χ2n) is 6.31. The fourth-order valence-electron chi connectivity index (χ4n) is 3.19. The van der Waals surface area contributed by atoms with Gasteiger partial charge in [-0.2, -0.15) is 0 Å². The largest absolute Gasteiger partial charge is 0.508 e. The van der Waals surface area contributed by atoms with Gasteiger partial charge >= 0.3 is 0 Å².